The minimum atomic E-state index is 0.0104. The quantitative estimate of drug-likeness (QED) is 0.0915. The summed E-state index contributed by atoms with van der Waals surface area (Å²) < 4.78 is 0. The smallest absolute Gasteiger partial charge is 0.0521 e. The summed E-state index contributed by atoms with van der Waals surface area (Å²) in [6, 6.07) is 61.1. The number of rotatable bonds is 15. The summed E-state index contributed by atoms with van der Waals surface area (Å²) in [4.78, 5) is 0. The molecule has 4 N–H and O–H groups in total. The monoisotopic (exact) mass is 630 g/mol. The van der Waals surface area contributed by atoms with Crippen LogP contribution in [-0.4, -0.2) is 14.1 Å². The van der Waals surface area contributed by atoms with E-state index < -0.39 is 0 Å². The Hall–Kier alpha value is -4.84. The SMILES string of the molecule is CN[C@H](c1ccccc1)[C@H](NC)c1cccc(-c2cccc([C@@H](NCc3ccccc3)[C@H](NCc3ccccc3)c3ccccc3)c2)c1. The largest absolute Gasteiger partial charge is 0.311 e. The molecule has 6 aromatic rings. The van der Waals surface area contributed by atoms with E-state index in [9.17, 15) is 0 Å². The fraction of sp³-hybridized carbons (Fsp3) is 0.182. The lowest BCUT2D eigenvalue weighted by atomic mass is 9.89. The van der Waals surface area contributed by atoms with Crippen molar-refractivity contribution in [1.82, 2.24) is 21.3 Å². The zero-order valence-corrected chi connectivity index (χ0v) is 27.9. The molecule has 0 radical (unpaired) electrons. The summed E-state index contributed by atoms with van der Waals surface area (Å²) >= 11 is 0. The van der Waals surface area contributed by atoms with Crippen molar-refractivity contribution in [1.29, 1.82) is 0 Å². The molecule has 4 atom stereocenters. The molecule has 0 fully saturated rings. The van der Waals surface area contributed by atoms with Gasteiger partial charge in [-0.25, -0.2) is 0 Å². The lowest BCUT2D eigenvalue weighted by molar-refractivity contribution is 0.381. The van der Waals surface area contributed by atoms with E-state index >= 15 is 0 Å². The van der Waals surface area contributed by atoms with Gasteiger partial charge in [-0.2, -0.15) is 0 Å². The van der Waals surface area contributed by atoms with Gasteiger partial charge in [-0.05, 0) is 70.7 Å². The summed E-state index contributed by atoms with van der Waals surface area (Å²) in [5.41, 5.74) is 9.92. The maximum atomic E-state index is 3.96. The standard InChI is InChI=1S/C44H46N4/c1-45-41(35-21-11-5-12-22-35)42(46-2)39-27-15-25-37(29-39)38-26-16-28-40(30-38)44(48-32-34-19-9-4-10-20-34)43(36-23-13-6-14-24-36)47-31-33-17-7-3-8-18-33/h3-30,41-48H,31-32H2,1-2H3/t41-,42-,43-,44-/m1/s1. The Kier molecular flexibility index (Phi) is 11.6. The zero-order chi connectivity index (χ0) is 33.0. The van der Waals surface area contributed by atoms with Crippen LogP contribution in [0.15, 0.2) is 170 Å². The van der Waals surface area contributed by atoms with Crippen LogP contribution in [-0.2, 0) is 13.1 Å². The summed E-state index contributed by atoms with van der Waals surface area (Å²) in [6.45, 7) is 1.53. The van der Waals surface area contributed by atoms with E-state index in [1.807, 2.05) is 14.1 Å². The average molecular weight is 631 g/mol. The maximum Gasteiger partial charge on any atom is 0.0521 e. The van der Waals surface area contributed by atoms with Crippen molar-refractivity contribution < 1.29 is 0 Å². The molecule has 0 heterocycles. The molecule has 242 valence electrons. The second-order valence-corrected chi connectivity index (χ2v) is 12.3. The van der Waals surface area contributed by atoms with Gasteiger partial charge in [0.1, 0.15) is 0 Å². The summed E-state index contributed by atoms with van der Waals surface area (Å²) in [6.07, 6.45) is 0. The molecule has 0 aliphatic carbocycles. The van der Waals surface area contributed by atoms with Gasteiger partial charge in [0.05, 0.1) is 24.2 Å². The third-order valence-corrected chi connectivity index (χ3v) is 9.17. The zero-order valence-electron chi connectivity index (χ0n) is 27.9. The highest BCUT2D eigenvalue weighted by molar-refractivity contribution is 5.65. The highest BCUT2D eigenvalue weighted by Gasteiger charge is 2.26. The fourth-order valence-electron chi connectivity index (χ4n) is 6.70. The molecule has 0 amide bonds. The average Bonchev–Trinajstić information content (AvgIpc) is 3.16. The highest BCUT2D eigenvalue weighted by Crippen LogP contribution is 2.34. The van der Waals surface area contributed by atoms with Crippen molar-refractivity contribution in [2.24, 2.45) is 0 Å². The second kappa shape index (κ2) is 16.8. The first-order valence-corrected chi connectivity index (χ1v) is 16.9. The third-order valence-electron chi connectivity index (χ3n) is 9.17. The molecule has 0 aliphatic rings. The van der Waals surface area contributed by atoms with Crippen molar-refractivity contribution in [3.8, 4) is 11.1 Å². The van der Waals surface area contributed by atoms with Crippen LogP contribution in [0.2, 0.25) is 0 Å². The fourth-order valence-corrected chi connectivity index (χ4v) is 6.70. The van der Waals surface area contributed by atoms with E-state index in [1.165, 1.54) is 44.5 Å². The van der Waals surface area contributed by atoms with Gasteiger partial charge in [-0.3, -0.25) is 0 Å². The summed E-state index contributed by atoms with van der Waals surface area (Å²) in [5.74, 6) is 0. The van der Waals surface area contributed by atoms with E-state index in [1.54, 1.807) is 0 Å². The molecule has 6 rings (SSSR count). The minimum absolute atomic E-state index is 0.0104. The lowest BCUT2D eigenvalue weighted by Crippen LogP contribution is -2.35. The van der Waals surface area contributed by atoms with Gasteiger partial charge in [0, 0.05) is 13.1 Å². The Bertz CT molecular complexity index is 1810. The molecule has 0 unspecified atom stereocenters. The molecule has 0 bridgehead atoms. The molecular weight excluding hydrogens is 585 g/mol. The van der Waals surface area contributed by atoms with Crippen LogP contribution in [0.3, 0.4) is 0 Å². The normalized spacial score (nSPS) is 13.8. The topological polar surface area (TPSA) is 48.1 Å². The van der Waals surface area contributed by atoms with E-state index in [2.05, 4.69) is 191 Å². The number of benzene rings is 6. The summed E-state index contributed by atoms with van der Waals surface area (Å²) in [7, 11) is 4.08. The Labute approximate surface area is 286 Å². The Morgan fingerprint density at radius 2 is 0.688 bits per heavy atom. The molecular formula is C44H46N4. The van der Waals surface area contributed by atoms with Gasteiger partial charge < -0.3 is 21.3 Å². The Morgan fingerprint density at radius 3 is 1.12 bits per heavy atom. The van der Waals surface area contributed by atoms with Crippen LogP contribution in [0.25, 0.3) is 11.1 Å². The van der Waals surface area contributed by atoms with E-state index in [0.29, 0.717) is 0 Å². The molecule has 48 heavy (non-hydrogen) atoms. The van der Waals surface area contributed by atoms with Crippen molar-refractivity contribution in [3.05, 3.63) is 203 Å². The van der Waals surface area contributed by atoms with Gasteiger partial charge in [0.25, 0.3) is 0 Å². The van der Waals surface area contributed by atoms with Crippen LogP contribution in [0.5, 0.6) is 0 Å². The number of hydrogen-bond donors (Lipinski definition) is 4. The van der Waals surface area contributed by atoms with E-state index in [0.717, 1.165) is 13.1 Å². The second-order valence-electron chi connectivity index (χ2n) is 12.3. The van der Waals surface area contributed by atoms with Crippen LogP contribution < -0.4 is 21.3 Å². The van der Waals surface area contributed by atoms with Crippen LogP contribution in [0, 0.1) is 0 Å². The molecule has 4 heteroatoms. The maximum absolute atomic E-state index is 3.96. The number of likely N-dealkylation sites (N-methyl/N-ethyl adjacent to an activating group) is 2. The first-order valence-electron chi connectivity index (χ1n) is 16.9. The van der Waals surface area contributed by atoms with Crippen LogP contribution in [0.1, 0.15) is 57.5 Å². The van der Waals surface area contributed by atoms with Gasteiger partial charge in [-0.15, -0.1) is 0 Å². The highest BCUT2D eigenvalue weighted by atomic mass is 15.0. The summed E-state index contributed by atoms with van der Waals surface area (Å²) in [5, 5.41) is 15.0. The minimum Gasteiger partial charge on any atom is -0.311 e. The Morgan fingerprint density at radius 1 is 0.354 bits per heavy atom. The first kappa shape index (κ1) is 33.1. The Balaban J connectivity index is 1.35. The molecule has 6 aromatic carbocycles. The number of nitrogens with one attached hydrogen (secondary N) is 4. The van der Waals surface area contributed by atoms with Crippen LogP contribution in [0.4, 0.5) is 0 Å². The van der Waals surface area contributed by atoms with Crippen molar-refractivity contribution in [3.63, 3.8) is 0 Å². The predicted octanol–water partition coefficient (Wildman–Crippen LogP) is 8.94. The van der Waals surface area contributed by atoms with Gasteiger partial charge in [-0.1, -0.05) is 158 Å². The van der Waals surface area contributed by atoms with Crippen molar-refractivity contribution in [2.75, 3.05) is 14.1 Å². The van der Waals surface area contributed by atoms with Gasteiger partial charge in [0.2, 0.25) is 0 Å². The molecule has 4 nitrogen and oxygen atoms in total. The van der Waals surface area contributed by atoms with Gasteiger partial charge >= 0.3 is 0 Å². The number of hydrogen-bond acceptors (Lipinski definition) is 4. The van der Waals surface area contributed by atoms with E-state index in [4.69, 9.17) is 0 Å². The molecule has 0 saturated heterocycles. The van der Waals surface area contributed by atoms with Crippen LogP contribution >= 0.6 is 0 Å². The predicted molar refractivity (Wildman–Crippen MR) is 200 cm³/mol. The van der Waals surface area contributed by atoms with E-state index in [-0.39, 0.29) is 24.2 Å². The molecule has 0 aromatic heterocycles. The molecule has 0 aliphatic heterocycles. The first-order chi connectivity index (χ1) is 23.7. The van der Waals surface area contributed by atoms with Gasteiger partial charge in [0.15, 0.2) is 0 Å². The van der Waals surface area contributed by atoms with Crippen molar-refractivity contribution >= 4 is 0 Å². The van der Waals surface area contributed by atoms with Crippen molar-refractivity contribution in [2.45, 2.75) is 37.3 Å². The molecule has 0 spiro atoms. The molecule has 0 saturated carbocycles. The lowest BCUT2D eigenvalue weighted by Gasteiger charge is -2.31. The third kappa shape index (κ3) is 8.35.